The van der Waals surface area contributed by atoms with Gasteiger partial charge in [0.1, 0.15) is 12.0 Å². The van der Waals surface area contributed by atoms with Gasteiger partial charge < -0.3 is 19.9 Å². The summed E-state index contributed by atoms with van der Waals surface area (Å²) in [5.74, 6) is -1.61. The molecule has 0 radical (unpaired) electrons. The molecule has 3 N–H and O–H groups in total. The molecule has 0 aromatic heterocycles. The zero-order valence-corrected chi connectivity index (χ0v) is 10.0. The predicted octanol–water partition coefficient (Wildman–Crippen LogP) is -1.54. The van der Waals surface area contributed by atoms with Crippen molar-refractivity contribution in [1.82, 2.24) is 5.32 Å². The number of hydrogen-bond donors (Lipinski definition) is 3. The van der Waals surface area contributed by atoms with Crippen molar-refractivity contribution in [3.8, 4) is 0 Å². The molecule has 0 aromatic rings. The maximum atomic E-state index is 11.5. The van der Waals surface area contributed by atoms with E-state index in [-0.39, 0.29) is 12.8 Å². The number of hydrogen-bond acceptors (Lipinski definition) is 6. The van der Waals surface area contributed by atoms with Crippen LogP contribution in [0.1, 0.15) is 12.8 Å². The normalized spacial score (nSPS) is 29.9. The summed E-state index contributed by atoms with van der Waals surface area (Å²) in [6, 6.07) is 0. The number of ether oxygens (including phenoxy) is 2. The van der Waals surface area contributed by atoms with Crippen molar-refractivity contribution in [2.45, 2.75) is 31.3 Å². The molecule has 1 rings (SSSR count). The van der Waals surface area contributed by atoms with E-state index in [4.69, 9.17) is 14.0 Å². The molecule has 1 amide bonds. The van der Waals surface area contributed by atoms with Crippen LogP contribution in [0.25, 0.3) is 0 Å². The quantitative estimate of drug-likeness (QED) is 0.529. The van der Waals surface area contributed by atoms with E-state index in [1.807, 2.05) is 5.32 Å². The molecule has 100 valence electrons. The zero-order chi connectivity index (χ0) is 13.1. The molecule has 8 nitrogen and oxygen atoms in total. The highest BCUT2D eigenvalue weighted by Crippen LogP contribution is 2.20. The first-order chi connectivity index (χ1) is 7.81. The highest BCUT2D eigenvalue weighted by atomic mass is 32.2. The molecule has 3 atom stereocenters. The van der Waals surface area contributed by atoms with E-state index < -0.39 is 40.4 Å². The van der Waals surface area contributed by atoms with Gasteiger partial charge in [-0.2, -0.15) is 8.42 Å². The Morgan fingerprint density at radius 3 is 2.71 bits per heavy atom. The Kier molecular flexibility index (Phi) is 4.83. The highest BCUT2D eigenvalue weighted by Gasteiger charge is 2.33. The number of carbonyl (C=O) groups is 1. The largest absolute Gasteiger partial charge is 0.393 e. The SMILES string of the molecule is COC1CC(O)CC(C(=O)NCS(=O)(=O)O)O1. The third kappa shape index (κ3) is 4.96. The fourth-order valence-electron chi connectivity index (χ4n) is 1.46. The van der Waals surface area contributed by atoms with Gasteiger partial charge in [-0.3, -0.25) is 9.35 Å². The smallest absolute Gasteiger partial charge is 0.283 e. The van der Waals surface area contributed by atoms with E-state index in [0.29, 0.717) is 0 Å². The molecule has 1 saturated heterocycles. The fraction of sp³-hybridized carbons (Fsp3) is 0.875. The van der Waals surface area contributed by atoms with Gasteiger partial charge in [-0.15, -0.1) is 0 Å². The average Bonchev–Trinajstić information content (AvgIpc) is 2.23. The van der Waals surface area contributed by atoms with Gasteiger partial charge in [0, 0.05) is 20.0 Å². The van der Waals surface area contributed by atoms with Gasteiger partial charge >= 0.3 is 0 Å². The van der Waals surface area contributed by atoms with Crippen molar-refractivity contribution < 1.29 is 32.3 Å². The summed E-state index contributed by atoms with van der Waals surface area (Å²) in [4.78, 5) is 11.5. The van der Waals surface area contributed by atoms with Gasteiger partial charge in [0.15, 0.2) is 6.29 Å². The molecule has 1 aliphatic heterocycles. The lowest BCUT2D eigenvalue weighted by atomic mass is 10.0. The topological polar surface area (TPSA) is 122 Å². The standard InChI is InChI=1S/C8H15NO7S/c1-15-7-3-5(10)2-6(16-7)8(11)9-4-17(12,13)14/h5-7,10H,2-4H2,1H3,(H,9,11)(H,12,13,14). The van der Waals surface area contributed by atoms with Gasteiger partial charge in [-0.1, -0.05) is 0 Å². The van der Waals surface area contributed by atoms with Gasteiger partial charge in [0.25, 0.3) is 10.1 Å². The van der Waals surface area contributed by atoms with E-state index >= 15 is 0 Å². The number of aliphatic hydroxyl groups excluding tert-OH is 1. The molecule has 0 spiro atoms. The second-order valence-corrected chi connectivity index (χ2v) is 5.13. The van der Waals surface area contributed by atoms with Gasteiger partial charge in [0.2, 0.25) is 5.91 Å². The average molecular weight is 269 g/mol. The van der Waals surface area contributed by atoms with Crippen LogP contribution >= 0.6 is 0 Å². The Morgan fingerprint density at radius 1 is 1.53 bits per heavy atom. The zero-order valence-electron chi connectivity index (χ0n) is 9.20. The lowest BCUT2D eigenvalue weighted by molar-refractivity contribution is -0.205. The summed E-state index contributed by atoms with van der Waals surface area (Å²) in [6.45, 7) is 0. The van der Waals surface area contributed by atoms with E-state index in [0.717, 1.165) is 0 Å². The maximum Gasteiger partial charge on any atom is 0.283 e. The predicted molar refractivity (Wildman–Crippen MR) is 55.5 cm³/mol. The van der Waals surface area contributed by atoms with Gasteiger partial charge in [0.05, 0.1) is 6.10 Å². The van der Waals surface area contributed by atoms with Crippen molar-refractivity contribution in [2.75, 3.05) is 13.0 Å². The molecular formula is C8H15NO7S. The third-order valence-corrected chi connectivity index (χ3v) is 2.76. The van der Waals surface area contributed by atoms with Crippen LogP contribution in [0, 0.1) is 0 Å². The van der Waals surface area contributed by atoms with Crippen LogP contribution in [0.15, 0.2) is 0 Å². The summed E-state index contributed by atoms with van der Waals surface area (Å²) in [6.07, 6.45) is -2.16. The molecule has 0 aliphatic carbocycles. The van der Waals surface area contributed by atoms with Crippen molar-refractivity contribution in [2.24, 2.45) is 0 Å². The van der Waals surface area contributed by atoms with Crippen LogP contribution in [0.2, 0.25) is 0 Å². The first-order valence-electron chi connectivity index (χ1n) is 4.91. The molecule has 0 saturated carbocycles. The minimum absolute atomic E-state index is 0.0527. The summed E-state index contributed by atoms with van der Waals surface area (Å²) in [5.41, 5.74) is 0. The van der Waals surface area contributed by atoms with E-state index in [2.05, 4.69) is 0 Å². The summed E-state index contributed by atoms with van der Waals surface area (Å²) < 4.78 is 39.3. The molecule has 0 aromatic carbocycles. The Morgan fingerprint density at radius 2 is 2.18 bits per heavy atom. The molecule has 9 heteroatoms. The number of rotatable bonds is 4. The first-order valence-corrected chi connectivity index (χ1v) is 6.52. The lowest BCUT2D eigenvalue weighted by Crippen LogP contribution is -2.46. The maximum absolute atomic E-state index is 11.5. The molecule has 1 fully saturated rings. The van der Waals surface area contributed by atoms with Crippen molar-refractivity contribution in [3.63, 3.8) is 0 Å². The van der Waals surface area contributed by atoms with Crippen molar-refractivity contribution >= 4 is 16.0 Å². The Labute approximate surface area is 98.6 Å². The van der Waals surface area contributed by atoms with Crippen molar-refractivity contribution in [1.29, 1.82) is 0 Å². The highest BCUT2D eigenvalue weighted by molar-refractivity contribution is 7.85. The number of methoxy groups -OCH3 is 1. The van der Waals surface area contributed by atoms with Crippen LogP contribution in [0.4, 0.5) is 0 Å². The molecule has 1 aliphatic rings. The Bertz CT molecular complexity index is 368. The monoisotopic (exact) mass is 269 g/mol. The number of aliphatic hydroxyl groups is 1. The van der Waals surface area contributed by atoms with Crippen LogP contribution < -0.4 is 5.32 Å². The molecule has 1 heterocycles. The Hall–Kier alpha value is -0.740. The first kappa shape index (κ1) is 14.3. The van der Waals surface area contributed by atoms with Crippen LogP contribution in [-0.4, -0.2) is 55.5 Å². The van der Waals surface area contributed by atoms with E-state index in [1.165, 1.54) is 7.11 Å². The second-order valence-electron chi connectivity index (χ2n) is 3.68. The van der Waals surface area contributed by atoms with Gasteiger partial charge in [-0.05, 0) is 0 Å². The fourth-order valence-corrected chi connectivity index (χ4v) is 1.78. The van der Waals surface area contributed by atoms with Gasteiger partial charge in [-0.25, -0.2) is 0 Å². The number of carbonyl (C=O) groups excluding carboxylic acids is 1. The summed E-state index contributed by atoms with van der Waals surface area (Å²) in [7, 11) is -2.90. The van der Waals surface area contributed by atoms with Crippen LogP contribution in [-0.2, 0) is 24.4 Å². The van der Waals surface area contributed by atoms with E-state index in [1.54, 1.807) is 0 Å². The minimum atomic E-state index is -4.27. The van der Waals surface area contributed by atoms with Crippen LogP contribution in [0.3, 0.4) is 0 Å². The molecular weight excluding hydrogens is 254 g/mol. The molecule has 0 bridgehead atoms. The third-order valence-electron chi connectivity index (χ3n) is 2.25. The molecule has 17 heavy (non-hydrogen) atoms. The number of nitrogens with one attached hydrogen (secondary N) is 1. The molecule has 3 unspecified atom stereocenters. The number of amides is 1. The summed E-state index contributed by atoms with van der Waals surface area (Å²) in [5, 5.41) is 11.4. The van der Waals surface area contributed by atoms with E-state index in [9.17, 15) is 18.3 Å². The van der Waals surface area contributed by atoms with Crippen molar-refractivity contribution in [3.05, 3.63) is 0 Å². The van der Waals surface area contributed by atoms with Crippen LogP contribution in [0.5, 0.6) is 0 Å². The summed E-state index contributed by atoms with van der Waals surface area (Å²) >= 11 is 0. The minimum Gasteiger partial charge on any atom is -0.393 e. The second kappa shape index (κ2) is 5.74. The Balaban J connectivity index is 2.51. The lowest BCUT2D eigenvalue weighted by Gasteiger charge is -2.31.